The maximum atomic E-state index is 12.3. The molecular weight excluding hydrogens is 492 g/mol. The fourth-order valence-electron chi connectivity index (χ4n) is 4.37. The number of hydrogen-bond donors (Lipinski definition) is 1. The molecule has 0 fully saturated rings. The van der Waals surface area contributed by atoms with Crippen LogP contribution in [0.3, 0.4) is 0 Å². The van der Waals surface area contributed by atoms with Crippen LogP contribution in [0, 0.1) is 6.92 Å². The van der Waals surface area contributed by atoms with Crippen LogP contribution in [0.2, 0.25) is 0 Å². The molecule has 0 spiro atoms. The molecule has 0 saturated carbocycles. The van der Waals surface area contributed by atoms with E-state index >= 15 is 0 Å². The van der Waals surface area contributed by atoms with Crippen molar-refractivity contribution in [1.82, 2.24) is 5.01 Å². The van der Waals surface area contributed by atoms with E-state index < -0.39 is 12.2 Å². The van der Waals surface area contributed by atoms with Gasteiger partial charge in [-0.2, -0.15) is 5.10 Å². The Balaban J connectivity index is 1.68. The van der Waals surface area contributed by atoms with Crippen LogP contribution >= 0.6 is 15.9 Å². The zero-order chi connectivity index (χ0) is 23.3. The maximum absolute atomic E-state index is 12.3. The second-order valence-corrected chi connectivity index (χ2v) is 8.70. The van der Waals surface area contributed by atoms with Gasteiger partial charge in [0.15, 0.2) is 11.5 Å². The minimum atomic E-state index is -1.15. The lowest BCUT2D eigenvalue weighted by atomic mass is 9.96. The summed E-state index contributed by atoms with van der Waals surface area (Å²) >= 11 is 3.54. The first kappa shape index (κ1) is 21.4. The van der Waals surface area contributed by atoms with Crippen molar-refractivity contribution in [2.24, 2.45) is 5.10 Å². The summed E-state index contributed by atoms with van der Waals surface area (Å²) in [5.74, 6) is 1.46. The predicted molar refractivity (Wildman–Crippen MR) is 123 cm³/mol. The normalized spacial score (nSPS) is 18.8. The van der Waals surface area contributed by atoms with Gasteiger partial charge in [0, 0.05) is 22.0 Å². The van der Waals surface area contributed by atoms with Gasteiger partial charge in [-0.3, -0.25) is 0 Å². The quantitative estimate of drug-likeness (QED) is 0.495. The van der Waals surface area contributed by atoms with Crippen LogP contribution in [0.1, 0.15) is 51.7 Å². The van der Waals surface area contributed by atoms with Crippen LogP contribution in [0.4, 0.5) is 0 Å². The van der Waals surface area contributed by atoms with Gasteiger partial charge >= 0.3 is 5.97 Å². The molecule has 0 unspecified atom stereocenters. The number of benzene rings is 2. The molecule has 2 aliphatic rings. The average Bonchev–Trinajstić information content (AvgIpc) is 3.44. The summed E-state index contributed by atoms with van der Waals surface area (Å²) in [6.45, 7) is 1.88. The van der Waals surface area contributed by atoms with Gasteiger partial charge in [-0.1, -0.05) is 15.9 Å². The number of carboxylic acid groups (broad SMARTS) is 1. The van der Waals surface area contributed by atoms with E-state index in [1.54, 1.807) is 17.1 Å². The molecule has 2 atom stereocenters. The van der Waals surface area contributed by atoms with E-state index in [1.807, 2.05) is 37.3 Å². The van der Waals surface area contributed by atoms with Crippen LogP contribution in [-0.4, -0.2) is 36.0 Å². The molecule has 8 nitrogen and oxygen atoms in total. The molecule has 0 aliphatic carbocycles. The van der Waals surface area contributed by atoms with Crippen LogP contribution in [0.25, 0.3) is 0 Å². The number of hydrazone groups is 1. The van der Waals surface area contributed by atoms with Crippen LogP contribution in [0.15, 0.2) is 56.5 Å². The molecule has 0 bridgehead atoms. The first-order chi connectivity index (χ1) is 15.9. The molecule has 33 heavy (non-hydrogen) atoms. The largest absolute Gasteiger partial charge is 0.493 e. The zero-order valence-electron chi connectivity index (χ0n) is 18.2. The van der Waals surface area contributed by atoms with Gasteiger partial charge in [0.2, 0.25) is 6.23 Å². The second kappa shape index (κ2) is 8.15. The third-order valence-corrected chi connectivity index (χ3v) is 6.33. The highest BCUT2D eigenvalue weighted by atomic mass is 79.9. The standard InChI is InChI=1S/C24H21BrN2O6/c1-12-4-7-19(32-12)16-11-17-15-10-13(25)5-8-18(15)33-23(27(17)26-16)14-6-9-20(30-2)22(31-3)21(14)24(28)29/h4-10,17,23H,11H2,1-3H3,(H,28,29)/t17-,23-/m0/s1. The smallest absolute Gasteiger partial charge is 0.340 e. The summed E-state index contributed by atoms with van der Waals surface area (Å²) in [4.78, 5) is 12.3. The number of fused-ring (bicyclic) bond motifs is 3. The van der Waals surface area contributed by atoms with Gasteiger partial charge < -0.3 is 23.7 Å². The summed E-state index contributed by atoms with van der Waals surface area (Å²) in [6, 6.07) is 12.8. The van der Waals surface area contributed by atoms with Crippen molar-refractivity contribution in [3.8, 4) is 17.2 Å². The number of ether oxygens (including phenoxy) is 3. The molecule has 0 saturated heterocycles. The van der Waals surface area contributed by atoms with E-state index in [2.05, 4.69) is 15.9 Å². The highest BCUT2D eigenvalue weighted by Crippen LogP contribution is 2.50. The molecule has 3 aromatic rings. The summed E-state index contributed by atoms with van der Waals surface area (Å²) in [5, 5.41) is 16.7. The molecule has 2 aliphatic heterocycles. The number of hydrogen-bond acceptors (Lipinski definition) is 7. The van der Waals surface area contributed by atoms with Crippen molar-refractivity contribution in [3.05, 3.63) is 75.1 Å². The lowest BCUT2D eigenvalue weighted by molar-refractivity contribution is -0.0199. The van der Waals surface area contributed by atoms with Gasteiger partial charge in [-0.15, -0.1) is 0 Å². The average molecular weight is 513 g/mol. The van der Waals surface area contributed by atoms with Crippen molar-refractivity contribution in [1.29, 1.82) is 0 Å². The number of aromatic carboxylic acids is 1. The molecule has 5 rings (SSSR count). The molecule has 1 N–H and O–H groups in total. The highest BCUT2D eigenvalue weighted by molar-refractivity contribution is 9.10. The van der Waals surface area contributed by atoms with Crippen molar-refractivity contribution in [3.63, 3.8) is 0 Å². The van der Waals surface area contributed by atoms with Crippen molar-refractivity contribution in [2.75, 3.05) is 14.2 Å². The SMILES string of the molecule is COc1ccc([C@@H]2Oc3ccc(Br)cc3[C@@H]3CC(c4ccc(C)o4)=NN32)c(C(=O)O)c1OC. The Morgan fingerprint density at radius 3 is 2.64 bits per heavy atom. The predicted octanol–water partition coefficient (Wildman–Crippen LogP) is 5.31. The Morgan fingerprint density at radius 1 is 1.15 bits per heavy atom. The van der Waals surface area contributed by atoms with E-state index in [1.165, 1.54) is 14.2 Å². The number of nitrogens with zero attached hydrogens (tertiary/aromatic N) is 2. The monoisotopic (exact) mass is 512 g/mol. The highest BCUT2D eigenvalue weighted by Gasteiger charge is 2.43. The topological polar surface area (TPSA) is 93.7 Å². The molecule has 1 aromatic heterocycles. The van der Waals surface area contributed by atoms with Crippen LogP contribution in [0.5, 0.6) is 17.2 Å². The second-order valence-electron chi connectivity index (χ2n) is 7.78. The van der Waals surface area contributed by atoms with Crippen molar-refractivity contribution >= 4 is 27.6 Å². The number of carbonyl (C=O) groups is 1. The number of aryl methyl sites for hydroxylation is 1. The summed E-state index contributed by atoms with van der Waals surface area (Å²) in [6.07, 6.45) is -0.200. The molecule has 2 aromatic carbocycles. The lowest BCUT2D eigenvalue weighted by Gasteiger charge is -2.38. The number of methoxy groups -OCH3 is 2. The van der Waals surface area contributed by atoms with Gasteiger partial charge in [0.25, 0.3) is 0 Å². The Hall–Kier alpha value is -3.46. The fourth-order valence-corrected chi connectivity index (χ4v) is 4.75. The van der Waals surface area contributed by atoms with Gasteiger partial charge in [-0.25, -0.2) is 9.80 Å². The molecule has 9 heteroatoms. The minimum Gasteiger partial charge on any atom is -0.493 e. The molecule has 3 heterocycles. The van der Waals surface area contributed by atoms with E-state index in [0.717, 1.165) is 21.5 Å². The van der Waals surface area contributed by atoms with Crippen LogP contribution in [-0.2, 0) is 0 Å². The molecular formula is C24H21BrN2O6. The van der Waals surface area contributed by atoms with E-state index in [9.17, 15) is 9.90 Å². The summed E-state index contributed by atoms with van der Waals surface area (Å²) in [5.41, 5.74) is 2.12. The lowest BCUT2D eigenvalue weighted by Crippen LogP contribution is -2.34. The van der Waals surface area contributed by atoms with Crippen molar-refractivity contribution in [2.45, 2.75) is 25.6 Å². The third kappa shape index (κ3) is 3.52. The third-order valence-electron chi connectivity index (χ3n) is 5.83. The van der Waals surface area contributed by atoms with Gasteiger partial charge in [-0.05, 0) is 49.4 Å². The summed E-state index contributed by atoms with van der Waals surface area (Å²) < 4.78 is 23.8. The number of furan rings is 1. The Bertz CT molecular complexity index is 1280. The molecule has 0 amide bonds. The first-order valence-electron chi connectivity index (χ1n) is 10.3. The zero-order valence-corrected chi connectivity index (χ0v) is 19.8. The minimum absolute atomic E-state index is 0.0290. The van der Waals surface area contributed by atoms with E-state index in [4.69, 9.17) is 23.7 Å². The molecule has 170 valence electrons. The number of carboxylic acids is 1. The Kier molecular flexibility index (Phi) is 5.28. The van der Waals surface area contributed by atoms with E-state index in [0.29, 0.717) is 29.2 Å². The van der Waals surface area contributed by atoms with Gasteiger partial charge in [0.05, 0.1) is 20.3 Å². The molecule has 0 radical (unpaired) electrons. The number of halogens is 1. The van der Waals surface area contributed by atoms with Crippen molar-refractivity contribution < 1.29 is 28.5 Å². The number of rotatable bonds is 5. The Morgan fingerprint density at radius 2 is 1.97 bits per heavy atom. The fraction of sp³-hybridized carbons (Fsp3) is 0.250. The van der Waals surface area contributed by atoms with Gasteiger partial charge in [0.1, 0.15) is 28.5 Å². The van der Waals surface area contributed by atoms with E-state index in [-0.39, 0.29) is 17.4 Å². The first-order valence-corrected chi connectivity index (χ1v) is 11.1. The Labute approximate surface area is 198 Å². The van der Waals surface area contributed by atoms with Crippen LogP contribution < -0.4 is 14.2 Å². The summed E-state index contributed by atoms with van der Waals surface area (Å²) in [7, 11) is 2.88. The maximum Gasteiger partial charge on any atom is 0.340 e.